The van der Waals surface area contributed by atoms with Crippen LogP contribution < -0.4 is 14.4 Å². The first kappa shape index (κ1) is 19.3. The van der Waals surface area contributed by atoms with Gasteiger partial charge in [0, 0.05) is 25.4 Å². The number of halogens is 3. The van der Waals surface area contributed by atoms with Gasteiger partial charge in [-0.2, -0.15) is 13.2 Å². The summed E-state index contributed by atoms with van der Waals surface area (Å²) in [6, 6.07) is 7.44. The Kier molecular flexibility index (Phi) is 5.19. The lowest BCUT2D eigenvalue weighted by molar-refractivity contribution is -0.137. The Labute approximate surface area is 155 Å². The van der Waals surface area contributed by atoms with Crippen molar-refractivity contribution in [2.24, 2.45) is 0 Å². The highest BCUT2D eigenvalue weighted by atomic mass is 19.4. The predicted octanol–water partition coefficient (Wildman–Crippen LogP) is 3.61. The van der Waals surface area contributed by atoms with Gasteiger partial charge in [-0.05, 0) is 42.7 Å². The molecule has 27 heavy (non-hydrogen) atoms. The number of anilines is 1. The maximum Gasteiger partial charge on any atom is 0.419 e. The molecule has 0 bridgehead atoms. The van der Waals surface area contributed by atoms with E-state index in [1.165, 1.54) is 26.5 Å². The molecule has 0 atom stereocenters. The lowest BCUT2D eigenvalue weighted by atomic mass is 9.84. The van der Waals surface area contributed by atoms with Crippen molar-refractivity contribution in [3.63, 3.8) is 0 Å². The van der Waals surface area contributed by atoms with E-state index in [4.69, 9.17) is 9.47 Å². The molecule has 5 nitrogen and oxygen atoms in total. The Hall–Kier alpha value is -2.48. The second-order valence-electron chi connectivity index (χ2n) is 6.49. The first-order valence-electron chi connectivity index (χ1n) is 8.50. The molecule has 0 unspecified atom stereocenters. The van der Waals surface area contributed by atoms with E-state index >= 15 is 0 Å². The number of piperidine rings is 1. The smallest absolute Gasteiger partial charge is 0.419 e. The van der Waals surface area contributed by atoms with Crippen LogP contribution in [0.5, 0.6) is 11.5 Å². The molecule has 1 aliphatic rings. The number of aliphatic hydroxyl groups is 1. The van der Waals surface area contributed by atoms with Crippen LogP contribution in [0.4, 0.5) is 19.0 Å². The van der Waals surface area contributed by atoms with Gasteiger partial charge in [0.2, 0.25) is 0 Å². The molecule has 1 saturated heterocycles. The number of alkyl halides is 3. The van der Waals surface area contributed by atoms with Crippen molar-refractivity contribution in [1.29, 1.82) is 0 Å². The van der Waals surface area contributed by atoms with Crippen LogP contribution in [0, 0.1) is 0 Å². The largest absolute Gasteiger partial charge is 0.497 e. The minimum absolute atomic E-state index is 0.102. The fraction of sp³-hybridized carbons (Fsp3) is 0.421. The lowest BCUT2D eigenvalue weighted by Crippen LogP contribution is -2.43. The molecule has 0 aliphatic carbocycles. The van der Waals surface area contributed by atoms with Crippen molar-refractivity contribution in [3.05, 3.63) is 47.7 Å². The van der Waals surface area contributed by atoms with Crippen LogP contribution >= 0.6 is 0 Å². The summed E-state index contributed by atoms with van der Waals surface area (Å²) in [4.78, 5) is 5.49. The summed E-state index contributed by atoms with van der Waals surface area (Å²) in [7, 11) is 3.04. The van der Waals surface area contributed by atoms with Crippen molar-refractivity contribution in [1.82, 2.24) is 4.98 Å². The van der Waals surface area contributed by atoms with Crippen molar-refractivity contribution < 1.29 is 27.8 Å². The molecular weight excluding hydrogens is 361 g/mol. The normalized spacial score (nSPS) is 16.9. The van der Waals surface area contributed by atoms with Crippen LogP contribution in [0.3, 0.4) is 0 Å². The quantitative estimate of drug-likeness (QED) is 0.876. The van der Waals surface area contributed by atoms with E-state index in [-0.39, 0.29) is 31.7 Å². The molecule has 2 aromatic rings. The topological polar surface area (TPSA) is 54.8 Å². The second-order valence-corrected chi connectivity index (χ2v) is 6.49. The zero-order valence-electron chi connectivity index (χ0n) is 15.1. The van der Waals surface area contributed by atoms with E-state index < -0.39 is 17.3 Å². The molecule has 0 saturated carbocycles. The number of benzene rings is 1. The summed E-state index contributed by atoms with van der Waals surface area (Å²) in [5.41, 5.74) is -1.32. The van der Waals surface area contributed by atoms with Crippen LogP contribution in [0.15, 0.2) is 36.5 Å². The third-order valence-electron chi connectivity index (χ3n) is 4.87. The number of ether oxygens (including phenoxy) is 2. The van der Waals surface area contributed by atoms with Gasteiger partial charge in [0.15, 0.2) is 0 Å². The molecule has 3 rings (SSSR count). The Bertz CT molecular complexity index is 781. The number of nitrogens with zero attached hydrogens (tertiary/aromatic N) is 2. The van der Waals surface area contributed by atoms with E-state index in [1.54, 1.807) is 23.1 Å². The molecule has 1 aromatic heterocycles. The van der Waals surface area contributed by atoms with Gasteiger partial charge in [0.1, 0.15) is 17.3 Å². The van der Waals surface area contributed by atoms with Gasteiger partial charge in [0.25, 0.3) is 0 Å². The first-order valence-corrected chi connectivity index (χ1v) is 8.50. The summed E-state index contributed by atoms with van der Waals surface area (Å²) in [6.07, 6.45) is -2.61. The summed E-state index contributed by atoms with van der Waals surface area (Å²) >= 11 is 0. The molecule has 1 fully saturated rings. The maximum atomic E-state index is 13.2. The van der Waals surface area contributed by atoms with Gasteiger partial charge >= 0.3 is 6.18 Å². The highest BCUT2D eigenvalue weighted by molar-refractivity contribution is 5.49. The molecule has 0 radical (unpaired) electrons. The Morgan fingerprint density at radius 3 is 2.19 bits per heavy atom. The fourth-order valence-corrected chi connectivity index (χ4v) is 3.32. The standard InChI is InChI=1S/C19H21F3N2O3/c1-26-14-10-13(11-15(12-14)27-2)18(25)5-8-24(9-6-18)17-16(19(20,21)22)4-3-7-23-17/h3-4,7,10-12,25H,5-6,8-9H2,1-2H3. The summed E-state index contributed by atoms with van der Waals surface area (Å²) in [5, 5.41) is 11.1. The Morgan fingerprint density at radius 2 is 1.67 bits per heavy atom. The first-order chi connectivity index (χ1) is 12.8. The van der Waals surface area contributed by atoms with Crippen LogP contribution in [0.25, 0.3) is 0 Å². The summed E-state index contributed by atoms with van der Waals surface area (Å²) < 4.78 is 50.2. The highest BCUT2D eigenvalue weighted by Gasteiger charge is 2.39. The average Bonchev–Trinajstić information content (AvgIpc) is 2.67. The molecule has 1 aromatic carbocycles. The molecule has 0 spiro atoms. The minimum Gasteiger partial charge on any atom is -0.497 e. The summed E-state index contributed by atoms with van der Waals surface area (Å²) in [6.45, 7) is 0.492. The van der Waals surface area contributed by atoms with Gasteiger partial charge in [-0.3, -0.25) is 0 Å². The van der Waals surface area contributed by atoms with Gasteiger partial charge in [0.05, 0.1) is 25.4 Å². The third-order valence-corrected chi connectivity index (χ3v) is 4.87. The average molecular weight is 382 g/mol. The highest BCUT2D eigenvalue weighted by Crippen LogP contribution is 2.40. The minimum atomic E-state index is -4.47. The number of hydrogen-bond acceptors (Lipinski definition) is 5. The van der Waals surface area contributed by atoms with Crippen LogP contribution in [0.1, 0.15) is 24.0 Å². The molecule has 8 heteroatoms. The molecule has 1 N–H and O–H groups in total. The molecule has 2 heterocycles. The molecule has 1 aliphatic heterocycles. The lowest BCUT2D eigenvalue weighted by Gasteiger charge is -2.39. The van der Waals surface area contributed by atoms with Crippen LogP contribution in [0.2, 0.25) is 0 Å². The number of hydrogen-bond donors (Lipinski definition) is 1. The van der Waals surface area contributed by atoms with E-state index in [9.17, 15) is 18.3 Å². The van der Waals surface area contributed by atoms with Crippen LogP contribution in [-0.2, 0) is 11.8 Å². The van der Waals surface area contributed by atoms with E-state index in [0.717, 1.165) is 6.07 Å². The van der Waals surface area contributed by atoms with Gasteiger partial charge in [-0.1, -0.05) is 0 Å². The zero-order chi connectivity index (χ0) is 19.7. The van der Waals surface area contributed by atoms with E-state index in [0.29, 0.717) is 17.1 Å². The van der Waals surface area contributed by atoms with Crippen molar-refractivity contribution in [2.45, 2.75) is 24.6 Å². The SMILES string of the molecule is COc1cc(OC)cc(C2(O)CCN(c3ncccc3C(F)(F)F)CC2)c1. The third kappa shape index (κ3) is 3.95. The van der Waals surface area contributed by atoms with Crippen molar-refractivity contribution in [2.75, 3.05) is 32.2 Å². The van der Waals surface area contributed by atoms with E-state index in [2.05, 4.69) is 4.98 Å². The zero-order valence-corrected chi connectivity index (χ0v) is 15.1. The monoisotopic (exact) mass is 382 g/mol. The van der Waals surface area contributed by atoms with Crippen molar-refractivity contribution >= 4 is 5.82 Å². The molecule has 146 valence electrons. The molecular formula is C19H21F3N2O3. The number of aromatic nitrogens is 1. The predicted molar refractivity (Wildman–Crippen MR) is 94.1 cm³/mol. The van der Waals surface area contributed by atoms with Crippen LogP contribution in [-0.4, -0.2) is 37.4 Å². The second kappa shape index (κ2) is 7.26. The maximum absolute atomic E-state index is 13.2. The number of rotatable bonds is 4. The fourth-order valence-electron chi connectivity index (χ4n) is 3.32. The van der Waals surface area contributed by atoms with E-state index in [1.807, 2.05) is 0 Å². The molecule has 0 amide bonds. The van der Waals surface area contributed by atoms with Gasteiger partial charge < -0.3 is 19.5 Å². The van der Waals surface area contributed by atoms with Gasteiger partial charge in [-0.25, -0.2) is 4.98 Å². The number of methoxy groups -OCH3 is 2. The number of pyridine rings is 1. The Balaban J connectivity index is 1.83. The van der Waals surface area contributed by atoms with Crippen molar-refractivity contribution in [3.8, 4) is 11.5 Å². The summed E-state index contributed by atoms with van der Waals surface area (Å²) in [5.74, 6) is 0.990. The van der Waals surface area contributed by atoms with Gasteiger partial charge in [-0.15, -0.1) is 0 Å². The Morgan fingerprint density at radius 1 is 1.07 bits per heavy atom.